The Balaban J connectivity index is 1.56. The van der Waals surface area contributed by atoms with Crippen LogP contribution in [0.15, 0.2) is 47.6 Å². The third kappa shape index (κ3) is 3.86. The number of aromatic nitrogens is 2. The second-order valence-corrected chi connectivity index (χ2v) is 10.5. The maximum absolute atomic E-state index is 13.6. The van der Waals surface area contributed by atoms with E-state index in [4.69, 9.17) is 4.98 Å². The highest BCUT2D eigenvalue weighted by Crippen LogP contribution is 2.49. The van der Waals surface area contributed by atoms with Crippen molar-refractivity contribution in [3.8, 4) is 0 Å². The fourth-order valence-corrected chi connectivity index (χ4v) is 5.32. The number of likely N-dealkylation sites (tertiary alicyclic amines) is 1. The number of hydrogen-bond acceptors (Lipinski definition) is 3. The Morgan fingerprint density at radius 2 is 1.96 bits per heavy atom. The first-order valence-corrected chi connectivity index (χ1v) is 11.3. The lowest BCUT2D eigenvalue weighted by atomic mass is 9.74. The Hall–Kier alpha value is -1.75. The van der Waals surface area contributed by atoms with Crippen molar-refractivity contribution in [3.63, 3.8) is 0 Å². The lowest BCUT2D eigenvalue weighted by Crippen LogP contribution is -2.60. The minimum absolute atomic E-state index is 0.0568. The summed E-state index contributed by atoms with van der Waals surface area (Å²) in [6.07, 6.45) is 6.62. The molecule has 2 atom stereocenters. The Kier molecular flexibility index (Phi) is 5.30. The number of amides is 1. The molecule has 1 saturated carbocycles. The second kappa shape index (κ2) is 7.58. The second-order valence-electron chi connectivity index (χ2n) is 9.33. The molecule has 2 aromatic rings. The minimum atomic E-state index is -0.0761. The van der Waals surface area contributed by atoms with Crippen LogP contribution in [0.4, 0.5) is 0 Å². The van der Waals surface area contributed by atoms with Crippen LogP contribution < -0.4 is 0 Å². The summed E-state index contributed by atoms with van der Waals surface area (Å²) in [7, 11) is 0. The number of carbonyl (C=O) groups excluding carboxylic acids is 1. The summed E-state index contributed by atoms with van der Waals surface area (Å²) < 4.78 is 2.29. The lowest BCUT2D eigenvalue weighted by Gasteiger charge is -2.54. The molecule has 28 heavy (non-hydrogen) atoms. The van der Waals surface area contributed by atoms with Gasteiger partial charge in [-0.05, 0) is 36.8 Å². The predicted octanol–water partition coefficient (Wildman–Crippen LogP) is 5.02. The van der Waals surface area contributed by atoms with E-state index in [1.807, 2.05) is 24.4 Å². The summed E-state index contributed by atoms with van der Waals surface area (Å²) in [6, 6.07) is 10.3. The zero-order valence-corrected chi connectivity index (χ0v) is 18.2. The summed E-state index contributed by atoms with van der Waals surface area (Å²) in [5, 5.41) is -0.0761. The molecule has 4 rings (SSSR count). The third-order valence-electron chi connectivity index (χ3n) is 5.91. The molecule has 5 heteroatoms. The van der Waals surface area contributed by atoms with Gasteiger partial charge in [-0.25, -0.2) is 4.98 Å². The molecule has 1 aliphatic heterocycles. The van der Waals surface area contributed by atoms with Gasteiger partial charge in [0, 0.05) is 35.8 Å². The van der Waals surface area contributed by atoms with E-state index in [2.05, 4.69) is 55.5 Å². The van der Waals surface area contributed by atoms with Gasteiger partial charge in [0.05, 0.1) is 11.3 Å². The summed E-state index contributed by atoms with van der Waals surface area (Å²) in [5.74, 6) is 2.36. The van der Waals surface area contributed by atoms with Crippen LogP contribution >= 0.6 is 11.8 Å². The van der Waals surface area contributed by atoms with Crippen LogP contribution in [0.2, 0.25) is 0 Å². The van der Waals surface area contributed by atoms with Gasteiger partial charge in [0.25, 0.3) is 0 Å². The molecule has 150 valence electrons. The van der Waals surface area contributed by atoms with Gasteiger partial charge in [0.15, 0.2) is 0 Å². The highest BCUT2D eigenvalue weighted by atomic mass is 32.2. The molecule has 1 aromatic carbocycles. The largest absolute Gasteiger partial charge is 0.333 e. The average Bonchev–Trinajstić information content (AvgIpc) is 3.37. The van der Waals surface area contributed by atoms with Crippen LogP contribution in [-0.2, 0) is 11.3 Å². The number of benzene rings is 1. The number of rotatable bonds is 7. The van der Waals surface area contributed by atoms with Crippen LogP contribution in [-0.4, -0.2) is 32.2 Å². The molecule has 1 aliphatic carbocycles. The summed E-state index contributed by atoms with van der Waals surface area (Å²) in [6.45, 7) is 10.6. The van der Waals surface area contributed by atoms with Gasteiger partial charge in [-0.3, -0.25) is 4.79 Å². The highest BCUT2D eigenvalue weighted by molar-refractivity contribution is 8.00. The first-order valence-electron chi connectivity index (χ1n) is 10.4. The molecular weight excluding hydrogens is 366 g/mol. The van der Waals surface area contributed by atoms with Crippen molar-refractivity contribution in [1.29, 1.82) is 0 Å². The Morgan fingerprint density at radius 3 is 2.57 bits per heavy atom. The lowest BCUT2D eigenvalue weighted by molar-refractivity contribution is -0.153. The fourth-order valence-electron chi connectivity index (χ4n) is 4.20. The zero-order chi connectivity index (χ0) is 19.9. The van der Waals surface area contributed by atoms with E-state index in [0.29, 0.717) is 0 Å². The van der Waals surface area contributed by atoms with Crippen molar-refractivity contribution in [2.75, 3.05) is 6.54 Å². The van der Waals surface area contributed by atoms with Crippen molar-refractivity contribution in [2.24, 2.45) is 17.3 Å². The fraction of sp³-hybridized carbons (Fsp3) is 0.565. The maximum Gasteiger partial charge on any atom is 0.236 e. The smallest absolute Gasteiger partial charge is 0.236 e. The van der Waals surface area contributed by atoms with E-state index in [9.17, 15) is 4.79 Å². The van der Waals surface area contributed by atoms with E-state index in [-0.39, 0.29) is 28.5 Å². The molecule has 1 aromatic heterocycles. The van der Waals surface area contributed by atoms with Gasteiger partial charge in [-0.2, -0.15) is 0 Å². The molecule has 1 amide bonds. The maximum atomic E-state index is 13.6. The predicted molar refractivity (Wildman–Crippen MR) is 114 cm³/mol. The minimum Gasteiger partial charge on any atom is -0.333 e. The van der Waals surface area contributed by atoms with E-state index < -0.39 is 0 Å². The summed E-state index contributed by atoms with van der Waals surface area (Å²) >= 11 is 1.69. The van der Waals surface area contributed by atoms with Crippen LogP contribution in [0, 0.1) is 17.3 Å². The summed E-state index contributed by atoms with van der Waals surface area (Å²) in [5.41, 5.74) is 0.0568. The van der Waals surface area contributed by atoms with E-state index in [1.54, 1.807) is 11.8 Å². The van der Waals surface area contributed by atoms with Crippen LogP contribution in [0.5, 0.6) is 0 Å². The van der Waals surface area contributed by atoms with E-state index in [1.165, 1.54) is 12.8 Å². The van der Waals surface area contributed by atoms with Gasteiger partial charge >= 0.3 is 0 Å². The molecule has 2 fully saturated rings. The van der Waals surface area contributed by atoms with Crippen molar-refractivity contribution in [3.05, 3.63) is 48.5 Å². The molecule has 2 unspecified atom stereocenters. The number of nitrogens with zero attached hydrogens (tertiary/aromatic N) is 3. The molecular formula is C23H31N3OS. The van der Waals surface area contributed by atoms with Gasteiger partial charge in [-0.15, -0.1) is 11.8 Å². The van der Waals surface area contributed by atoms with Crippen molar-refractivity contribution < 1.29 is 4.79 Å². The van der Waals surface area contributed by atoms with Crippen LogP contribution in [0.1, 0.15) is 52.4 Å². The number of hydrogen-bond donors (Lipinski definition) is 0. The van der Waals surface area contributed by atoms with E-state index >= 15 is 0 Å². The zero-order valence-electron chi connectivity index (χ0n) is 17.3. The topological polar surface area (TPSA) is 38.1 Å². The molecule has 0 bridgehead atoms. The molecule has 0 radical (unpaired) electrons. The SMILES string of the molecule is CC(C)C(Sc1ccccc1)C(=O)N1CC(C)(C)C1c1nccn1CC1CC1. The van der Waals surface area contributed by atoms with Crippen molar-refractivity contribution >= 4 is 17.7 Å². The Bertz CT molecular complexity index is 825. The normalized spacial score (nSPS) is 22.2. The Labute approximate surface area is 172 Å². The van der Waals surface area contributed by atoms with Crippen molar-refractivity contribution in [1.82, 2.24) is 14.5 Å². The standard InChI is InChI=1S/C23H31N3OS/c1-16(2)19(28-18-8-6-5-7-9-18)22(27)26-15-23(3,4)20(26)21-24-12-13-25(21)14-17-10-11-17/h5-9,12-13,16-17,19-20H,10-11,14-15H2,1-4H3. The number of thioether (sulfide) groups is 1. The van der Waals surface area contributed by atoms with Gasteiger partial charge in [-0.1, -0.05) is 45.9 Å². The van der Waals surface area contributed by atoms with Gasteiger partial charge in [0.2, 0.25) is 5.91 Å². The third-order valence-corrected chi connectivity index (χ3v) is 7.46. The monoisotopic (exact) mass is 397 g/mol. The molecule has 4 nitrogen and oxygen atoms in total. The van der Waals surface area contributed by atoms with E-state index in [0.717, 1.165) is 29.7 Å². The molecule has 1 saturated heterocycles. The van der Waals surface area contributed by atoms with Gasteiger partial charge in [0.1, 0.15) is 5.82 Å². The first-order chi connectivity index (χ1) is 13.4. The number of imidazole rings is 1. The highest BCUT2D eigenvalue weighted by Gasteiger charge is 2.52. The molecule has 2 aliphatic rings. The average molecular weight is 398 g/mol. The van der Waals surface area contributed by atoms with Crippen LogP contribution in [0.3, 0.4) is 0 Å². The van der Waals surface area contributed by atoms with Crippen molar-refractivity contribution in [2.45, 2.75) is 63.3 Å². The summed E-state index contributed by atoms with van der Waals surface area (Å²) in [4.78, 5) is 21.5. The first kappa shape index (κ1) is 19.6. The van der Waals surface area contributed by atoms with Crippen LogP contribution in [0.25, 0.3) is 0 Å². The molecule has 0 N–H and O–H groups in total. The number of carbonyl (C=O) groups is 1. The molecule has 2 heterocycles. The van der Waals surface area contributed by atoms with Gasteiger partial charge < -0.3 is 9.47 Å². The Morgan fingerprint density at radius 1 is 1.25 bits per heavy atom. The quantitative estimate of drug-likeness (QED) is 0.616. The molecule has 0 spiro atoms.